The standard InChI is InChI=1S/C15H26O7/c1-19-7-3-5-9-21-14(17)11-13(16)12-15(18)22-10-6-4-8-20-2/h3-12H2,1-2H3. The van der Waals surface area contributed by atoms with Gasteiger partial charge in [-0.3, -0.25) is 14.4 Å². The minimum atomic E-state index is -0.615. The van der Waals surface area contributed by atoms with Crippen LogP contribution >= 0.6 is 0 Å². The number of methoxy groups -OCH3 is 2. The average Bonchev–Trinajstić information content (AvgIpc) is 2.46. The van der Waals surface area contributed by atoms with Crippen molar-refractivity contribution >= 4 is 17.7 Å². The Morgan fingerprint density at radius 2 is 1.00 bits per heavy atom. The molecule has 0 aromatic heterocycles. The van der Waals surface area contributed by atoms with Crippen LogP contribution in [0.25, 0.3) is 0 Å². The second kappa shape index (κ2) is 14.5. The van der Waals surface area contributed by atoms with Crippen molar-refractivity contribution in [3.05, 3.63) is 0 Å². The first-order chi connectivity index (χ1) is 10.6. The van der Waals surface area contributed by atoms with Crippen molar-refractivity contribution in [2.24, 2.45) is 0 Å². The maximum Gasteiger partial charge on any atom is 0.313 e. The second-order valence-electron chi connectivity index (χ2n) is 4.73. The summed E-state index contributed by atoms with van der Waals surface area (Å²) in [5.74, 6) is -1.73. The van der Waals surface area contributed by atoms with Gasteiger partial charge in [0.1, 0.15) is 12.8 Å². The summed E-state index contributed by atoms with van der Waals surface area (Å²) in [6.45, 7) is 1.71. The van der Waals surface area contributed by atoms with E-state index in [0.29, 0.717) is 26.1 Å². The minimum absolute atomic E-state index is 0.249. The summed E-state index contributed by atoms with van der Waals surface area (Å²) >= 11 is 0. The van der Waals surface area contributed by atoms with E-state index in [1.165, 1.54) is 0 Å². The van der Waals surface area contributed by atoms with E-state index in [9.17, 15) is 14.4 Å². The number of hydrogen-bond acceptors (Lipinski definition) is 7. The van der Waals surface area contributed by atoms with Gasteiger partial charge >= 0.3 is 11.9 Å². The molecule has 0 unspecified atom stereocenters. The lowest BCUT2D eigenvalue weighted by Crippen LogP contribution is -2.17. The molecule has 0 aromatic carbocycles. The third kappa shape index (κ3) is 13.5. The zero-order valence-electron chi connectivity index (χ0n) is 13.4. The van der Waals surface area contributed by atoms with Gasteiger partial charge in [-0.2, -0.15) is 0 Å². The molecule has 0 aromatic rings. The molecule has 0 amide bonds. The van der Waals surface area contributed by atoms with Gasteiger partial charge in [0.05, 0.1) is 13.2 Å². The van der Waals surface area contributed by atoms with E-state index in [1.54, 1.807) is 14.2 Å². The van der Waals surface area contributed by atoms with Gasteiger partial charge in [0, 0.05) is 27.4 Å². The van der Waals surface area contributed by atoms with Gasteiger partial charge in [-0.25, -0.2) is 0 Å². The van der Waals surface area contributed by atoms with E-state index in [0.717, 1.165) is 12.8 Å². The van der Waals surface area contributed by atoms with Gasteiger partial charge in [-0.05, 0) is 25.7 Å². The van der Waals surface area contributed by atoms with Crippen LogP contribution in [0, 0.1) is 0 Å². The summed E-state index contributed by atoms with van der Waals surface area (Å²) < 4.78 is 19.5. The highest BCUT2D eigenvalue weighted by Crippen LogP contribution is 1.99. The first-order valence-electron chi connectivity index (χ1n) is 7.41. The van der Waals surface area contributed by atoms with Crippen LogP contribution in [0.2, 0.25) is 0 Å². The van der Waals surface area contributed by atoms with Gasteiger partial charge in [0.2, 0.25) is 0 Å². The van der Waals surface area contributed by atoms with Crippen molar-refractivity contribution in [3.63, 3.8) is 0 Å². The number of unbranched alkanes of at least 4 members (excludes halogenated alkanes) is 2. The lowest BCUT2D eigenvalue weighted by atomic mass is 10.2. The lowest BCUT2D eigenvalue weighted by Gasteiger charge is -2.05. The Bertz CT molecular complexity index is 298. The van der Waals surface area contributed by atoms with Crippen LogP contribution in [0.3, 0.4) is 0 Å². The summed E-state index contributed by atoms with van der Waals surface area (Å²) in [6, 6.07) is 0. The molecule has 0 N–H and O–H groups in total. The van der Waals surface area contributed by atoms with Crippen LogP contribution in [-0.4, -0.2) is 58.4 Å². The molecule has 0 radical (unpaired) electrons. The van der Waals surface area contributed by atoms with Crippen LogP contribution in [0.1, 0.15) is 38.5 Å². The number of ether oxygens (including phenoxy) is 4. The molecule has 0 saturated carbocycles. The van der Waals surface area contributed by atoms with E-state index in [-0.39, 0.29) is 13.2 Å². The van der Waals surface area contributed by atoms with Crippen LogP contribution in [0.5, 0.6) is 0 Å². The maximum absolute atomic E-state index is 11.5. The number of Topliss-reactive ketones (excluding diaryl/α,β-unsaturated/α-hetero) is 1. The second-order valence-corrected chi connectivity index (χ2v) is 4.73. The van der Waals surface area contributed by atoms with Crippen molar-refractivity contribution in [1.82, 2.24) is 0 Å². The van der Waals surface area contributed by atoms with E-state index in [2.05, 4.69) is 0 Å². The minimum Gasteiger partial charge on any atom is -0.465 e. The highest BCUT2D eigenvalue weighted by molar-refractivity contribution is 6.03. The number of carbonyl (C=O) groups excluding carboxylic acids is 3. The van der Waals surface area contributed by atoms with Crippen molar-refractivity contribution < 1.29 is 33.3 Å². The normalized spacial score (nSPS) is 10.3. The number of rotatable bonds is 14. The number of carbonyl (C=O) groups is 3. The van der Waals surface area contributed by atoms with Gasteiger partial charge in [-0.1, -0.05) is 0 Å². The fraction of sp³-hybridized carbons (Fsp3) is 0.800. The van der Waals surface area contributed by atoms with E-state index in [4.69, 9.17) is 18.9 Å². The molecule has 0 bridgehead atoms. The van der Waals surface area contributed by atoms with Crippen LogP contribution in [0.15, 0.2) is 0 Å². The third-order valence-electron chi connectivity index (χ3n) is 2.69. The Kier molecular flexibility index (Phi) is 13.5. The number of hydrogen-bond donors (Lipinski definition) is 0. The van der Waals surface area contributed by atoms with Crippen molar-refractivity contribution in [3.8, 4) is 0 Å². The smallest absolute Gasteiger partial charge is 0.313 e. The molecule has 0 saturated heterocycles. The van der Waals surface area contributed by atoms with Crippen molar-refractivity contribution in [1.29, 1.82) is 0 Å². The molecule has 0 heterocycles. The van der Waals surface area contributed by atoms with Gasteiger partial charge < -0.3 is 18.9 Å². The highest BCUT2D eigenvalue weighted by atomic mass is 16.5. The zero-order valence-corrected chi connectivity index (χ0v) is 13.4. The van der Waals surface area contributed by atoms with Crippen LogP contribution < -0.4 is 0 Å². The molecule has 22 heavy (non-hydrogen) atoms. The van der Waals surface area contributed by atoms with Crippen LogP contribution in [0.4, 0.5) is 0 Å². The molecule has 0 aliphatic carbocycles. The summed E-state index contributed by atoms with van der Waals surface area (Å²) in [4.78, 5) is 34.2. The monoisotopic (exact) mass is 318 g/mol. The average molecular weight is 318 g/mol. The zero-order chi connectivity index (χ0) is 16.6. The van der Waals surface area contributed by atoms with Crippen molar-refractivity contribution in [2.75, 3.05) is 40.6 Å². The fourth-order valence-electron chi connectivity index (χ4n) is 1.56. The summed E-state index contributed by atoms with van der Waals surface area (Å²) in [5.41, 5.74) is 0. The Morgan fingerprint density at radius 3 is 1.36 bits per heavy atom. The molecule has 0 atom stereocenters. The van der Waals surface area contributed by atoms with E-state index >= 15 is 0 Å². The molecule has 7 nitrogen and oxygen atoms in total. The largest absolute Gasteiger partial charge is 0.465 e. The summed E-state index contributed by atoms with van der Waals surface area (Å²) in [6.07, 6.45) is 2.13. The SMILES string of the molecule is COCCCCOC(=O)CC(=O)CC(=O)OCCCCOC. The number of ketones is 1. The Hall–Kier alpha value is -1.47. The first-order valence-corrected chi connectivity index (χ1v) is 7.41. The Balaban J connectivity index is 3.61. The Morgan fingerprint density at radius 1 is 0.636 bits per heavy atom. The Labute approximate surface area is 131 Å². The topological polar surface area (TPSA) is 88.1 Å². The van der Waals surface area contributed by atoms with Crippen LogP contribution in [-0.2, 0) is 33.3 Å². The molecule has 0 fully saturated rings. The molecule has 0 aliphatic rings. The fourth-order valence-corrected chi connectivity index (χ4v) is 1.56. The van der Waals surface area contributed by atoms with Crippen molar-refractivity contribution in [2.45, 2.75) is 38.5 Å². The highest BCUT2D eigenvalue weighted by Gasteiger charge is 2.15. The molecule has 0 aliphatic heterocycles. The first kappa shape index (κ1) is 20.5. The predicted octanol–water partition coefficient (Wildman–Crippen LogP) is 1.28. The molecular formula is C15H26O7. The summed E-state index contributed by atoms with van der Waals surface area (Å²) in [7, 11) is 3.20. The third-order valence-corrected chi connectivity index (χ3v) is 2.69. The quantitative estimate of drug-likeness (QED) is 0.271. The van der Waals surface area contributed by atoms with Gasteiger partial charge in [0.15, 0.2) is 5.78 Å². The maximum atomic E-state index is 11.5. The summed E-state index contributed by atoms with van der Waals surface area (Å²) in [5, 5.41) is 0. The molecule has 0 spiro atoms. The lowest BCUT2D eigenvalue weighted by molar-refractivity contribution is -0.149. The number of esters is 2. The molecular weight excluding hydrogens is 292 g/mol. The molecule has 0 rings (SSSR count). The van der Waals surface area contributed by atoms with E-state index < -0.39 is 30.6 Å². The van der Waals surface area contributed by atoms with Gasteiger partial charge in [-0.15, -0.1) is 0 Å². The van der Waals surface area contributed by atoms with Gasteiger partial charge in [0.25, 0.3) is 0 Å². The molecule has 7 heteroatoms. The van der Waals surface area contributed by atoms with E-state index in [1.807, 2.05) is 0 Å². The predicted molar refractivity (Wildman–Crippen MR) is 78.4 cm³/mol. The molecule has 128 valence electrons.